The molecule has 0 aromatic carbocycles. The Kier molecular flexibility index (Phi) is 5.74. The van der Waals surface area contributed by atoms with Crippen molar-refractivity contribution in [3.8, 4) is 0 Å². The van der Waals surface area contributed by atoms with Gasteiger partial charge in [0.1, 0.15) is 0 Å². The van der Waals surface area contributed by atoms with Crippen molar-refractivity contribution in [3.63, 3.8) is 0 Å². The summed E-state index contributed by atoms with van der Waals surface area (Å²) in [6, 6.07) is 0. The lowest BCUT2D eigenvalue weighted by Crippen LogP contribution is -2.37. The van der Waals surface area contributed by atoms with Gasteiger partial charge in [-0.15, -0.1) is 0 Å². The van der Waals surface area contributed by atoms with E-state index in [0.29, 0.717) is 0 Å². The molecule has 4 nitrogen and oxygen atoms in total. The minimum Gasteiger partial charge on any atom is -0.469 e. The molecule has 0 saturated heterocycles. The van der Waals surface area contributed by atoms with Gasteiger partial charge in [-0.05, 0) is 6.92 Å². The van der Waals surface area contributed by atoms with Crippen LogP contribution in [-0.2, 0) is 14.3 Å². The SMILES string of the molecule is CCN(CCC(=O)OC)C(=O)C(F)F. The predicted molar refractivity (Wildman–Crippen MR) is 44.9 cm³/mol. The number of alkyl halides is 2. The number of methoxy groups -OCH3 is 1. The van der Waals surface area contributed by atoms with E-state index in [1.165, 1.54) is 7.11 Å². The van der Waals surface area contributed by atoms with Crippen LogP contribution >= 0.6 is 0 Å². The van der Waals surface area contributed by atoms with Crippen LogP contribution < -0.4 is 0 Å². The van der Waals surface area contributed by atoms with E-state index in [9.17, 15) is 18.4 Å². The number of carbonyl (C=O) groups excluding carboxylic acids is 2. The van der Waals surface area contributed by atoms with Crippen LogP contribution in [0.2, 0.25) is 0 Å². The van der Waals surface area contributed by atoms with Crippen LogP contribution in [0.25, 0.3) is 0 Å². The molecule has 1 amide bonds. The first-order valence-corrected chi connectivity index (χ1v) is 4.16. The fourth-order valence-corrected chi connectivity index (χ4v) is 0.890. The number of hydrogen-bond acceptors (Lipinski definition) is 3. The van der Waals surface area contributed by atoms with Gasteiger partial charge in [0.05, 0.1) is 13.5 Å². The van der Waals surface area contributed by atoms with Gasteiger partial charge in [0.25, 0.3) is 5.91 Å². The molecule has 6 heteroatoms. The Balaban J connectivity index is 4.03. The van der Waals surface area contributed by atoms with Crippen molar-refractivity contribution in [1.82, 2.24) is 4.90 Å². The number of ether oxygens (including phenoxy) is 1. The molecule has 0 aromatic heterocycles. The molecule has 0 spiro atoms. The van der Waals surface area contributed by atoms with Gasteiger partial charge < -0.3 is 9.64 Å². The molecule has 0 aliphatic rings. The largest absolute Gasteiger partial charge is 0.469 e. The van der Waals surface area contributed by atoms with Crippen molar-refractivity contribution >= 4 is 11.9 Å². The molecule has 0 heterocycles. The van der Waals surface area contributed by atoms with E-state index < -0.39 is 18.3 Å². The van der Waals surface area contributed by atoms with Gasteiger partial charge in [-0.25, -0.2) is 0 Å². The minimum absolute atomic E-state index is 0.0354. The third-order valence-electron chi connectivity index (χ3n) is 1.69. The summed E-state index contributed by atoms with van der Waals surface area (Å²) >= 11 is 0. The zero-order valence-corrected chi connectivity index (χ0v) is 8.13. The minimum atomic E-state index is -3.02. The summed E-state index contributed by atoms with van der Waals surface area (Å²) in [5.74, 6) is -1.78. The lowest BCUT2D eigenvalue weighted by atomic mass is 10.3. The zero-order valence-electron chi connectivity index (χ0n) is 8.13. The number of carbonyl (C=O) groups is 2. The van der Waals surface area contributed by atoms with Crippen LogP contribution in [0.3, 0.4) is 0 Å². The van der Waals surface area contributed by atoms with Crippen LogP contribution in [0, 0.1) is 0 Å². The molecule has 0 bridgehead atoms. The Morgan fingerprint density at radius 2 is 2.00 bits per heavy atom. The molecule has 0 atom stereocenters. The average molecular weight is 209 g/mol. The molecule has 0 saturated carbocycles. The van der Waals surface area contributed by atoms with Crippen molar-refractivity contribution in [1.29, 1.82) is 0 Å². The molecule has 0 rings (SSSR count). The lowest BCUT2D eigenvalue weighted by molar-refractivity contribution is -0.145. The molecule has 0 fully saturated rings. The van der Waals surface area contributed by atoms with E-state index in [-0.39, 0.29) is 19.5 Å². The topological polar surface area (TPSA) is 46.6 Å². The second-order valence-corrected chi connectivity index (χ2v) is 2.54. The number of amides is 1. The van der Waals surface area contributed by atoms with Crippen molar-refractivity contribution < 1.29 is 23.1 Å². The number of hydrogen-bond donors (Lipinski definition) is 0. The number of halogens is 2. The van der Waals surface area contributed by atoms with Crippen LogP contribution in [0.1, 0.15) is 13.3 Å². The van der Waals surface area contributed by atoms with Gasteiger partial charge in [0.2, 0.25) is 0 Å². The normalized spacial score (nSPS) is 10.1. The summed E-state index contributed by atoms with van der Waals surface area (Å²) in [5.41, 5.74) is 0. The van der Waals surface area contributed by atoms with Crippen molar-refractivity contribution in [2.75, 3.05) is 20.2 Å². The summed E-state index contributed by atoms with van der Waals surface area (Å²) < 4.78 is 28.2. The standard InChI is InChI=1S/C8H13F2NO3/c1-3-11(8(13)7(9)10)5-4-6(12)14-2/h7H,3-5H2,1-2H3. The van der Waals surface area contributed by atoms with E-state index in [2.05, 4.69) is 4.74 Å². The van der Waals surface area contributed by atoms with E-state index >= 15 is 0 Å². The van der Waals surface area contributed by atoms with Crippen molar-refractivity contribution in [2.45, 2.75) is 19.8 Å². The van der Waals surface area contributed by atoms with Gasteiger partial charge >= 0.3 is 12.4 Å². The number of rotatable bonds is 5. The highest BCUT2D eigenvalue weighted by molar-refractivity contribution is 5.80. The smallest absolute Gasteiger partial charge is 0.315 e. The Morgan fingerprint density at radius 3 is 2.36 bits per heavy atom. The lowest BCUT2D eigenvalue weighted by Gasteiger charge is -2.19. The second kappa shape index (κ2) is 6.28. The molecule has 82 valence electrons. The first-order chi connectivity index (χ1) is 6.52. The molecule has 0 unspecified atom stereocenters. The third-order valence-corrected chi connectivity index (χ3v) is 1.69. The van der Waals surface area contributed by atoms with Gasteiger partial charge in [0, 0.05) is 13.1 Å². The maximum atomic E-state index is 12.0. The maximum absolute atomic E-state index is 12.0. The monoisotopic (exact) mass is 209 g/mol. The van der Waals surface area contributed by atoms with Crippen LogP contribution in [-0.4, -0.2) is 43.4 Å². The van der Waals surface area contributed by atoms with Crippen LogP contribution in [0.15, 0.2) is 0 Å². The fourth-order valence-electron chi connectivity index (χ4n) is 0.890. The van der Waals surface area contributed by atoms with Gasteiger partial charge in [0.15, 0.2) is 0 Å². The summed E-state index contributed by atoms with van der Waals surface area (Å²) in [6.07, 6.45) is -3.09. The fraction of sp³-hybridized carbons (Fsp3) is 0.750. The quantitative estimate of drug-likeness (QED) is 0.625. The molecule has 0 aliphatic heterocycles. The second-order valence-electron chi connectivity index (χ2n) is 2.54. The summed E-state index contributed by atoms with van der Waals surface area (Å²) in [6.45, 7) is 1.68. The van der Waals surface area contributed by atoms with Crippen LogP contribution in [0.5, 0.6) is 0 Å². The predicted octanol–water partition coefficient (Wildman–Crippen LogP) is 0.663. The first kappa shape index (κ1) is 12.8. The average Bonchev–Trinajstić information content (AvgIpc) is 2.17. The van der Waals surface area contributed by atoms with Gasteiger partial charge in [-0.2, -0.15) is 8.78 Å². The highest BCUT2D eigenvalue weighted by atomic mass is 19.3. The molecule has 14 heavy (non-hydrogen) atoms. The summed E-state index contributed by atoms with van der Waals surface area (Å²) in [7, 11) is 1.20. The summed E-state index contributed by atoms with van der Waals surface area (Å²) in [5, 5.41) is 0. The Morgan fingerprint density at radius 1 is 1.43 bits per heavy atom. The number of nitrogens with zero attached hydrogens (tertiary/aromatic N) is 1. The van der Waals surface area contributed by atoms with E-state index in [0.717, 1.165) is 4.90 Å². The van der Waals surface area contributed by atoms with Crippen molar-refractivity contribution in [3.05, 3.63) is 0 Å². The first-order valence-electron chi connectivity index (χ1n) is 4.16. The third kappa shape index (κ3) is 4.15. The van der Waals surface area contributed by atoms with E-state index in [4.69, 9.17) is 0 Å². The Labute approximate surface area is 80.8 Å². The van der Waals surface area contributed by atoms with E-state index in [1.807, 2.05) is 0 Å². The highest BCUT2D eigenvalue weighted by Crippen LogP contribution is 2.02. The van der Waals surface area contributed by atoms with Crippen molar-refractivity contribution in [2.24, 2.45) is 0 Å². The summed E-state index contributed by atoms with van der Waals surface area (Å²) in [4.78, 5) is 22.4. The molecule has 0 radical (unpaired) electrons. The molecular weight excluding hydrogens is 196 g/mol. The molecule has 0 N–H and O–H groups in total. The van der Waals surface area contributed by atoms with Crippen LogP contribution in [0.4, 0.5) is 8.78 Å². The Hall–Kier alpha value is -1.20. The number of esters is 1. The highest BCUT2D eigenvalue weighted by Gasteiger charge is 2.22. The van der Waals surface area contributed by atoms with Gasteiger partial charge in [-0.1, -0.05) is 0 Å². The molecular formula is C8H13F2NO3. The molecule has 0 aliphatic carbocycles. The van der Waals surface area contributed by atoms with E-state index in [1.54, 1.807) is 6.92 Å². The van der Waals surface area contributed by atoms with Gasteiger partial charge in [-0.3, -0.25) is 9.59 Å². The Bertz CT molecular complexity index is 209. The maximum Gasteiger partial charge on any atom is 0.315 e. The zero-order chi connectivity index (χ0) is 11.1. The molecule has 0 aromatic rings.